The summed E-state index contributed by atoms with van der Waals surface area (Å²) in [7, 11) is -11.3. The van der Waals surface area contributed by atoms with E-state index in [0.29, 0.717) is 0 Å². The molecule has 0 aliphatic carbocycles. The molecule has 0 aliphatic heterocycles. The molecule has 14 heavy (non-hydrogen) atoms. The molecular weight excluding hydrogens is 289 g/mol. The minimum Gasteiger partial charge on any atom is -0.736 e. The van der Waals surface area contributed by atoms with Gasteiger partial charge in [-0.05, 0) is 0 Å². The summed E-state index contributed by atoms with van der Waals surface area (Å²) in [6.07, 6.45) is 0. The first kappa shape index (κ1) is 47.9. The van der Waals surface area contributed by atoms with Gasteiger partial charge in [-0.1, -0.05) is 0 Å². The summed E-state index contributed by atoms with van der Waals surface area (Å²) in [6, 6.07) is 0. The molecule has 0 atom stereocenters. The van der Waals surface area contributed by atoms with Crippen LogP contribution in [0.4, 0.5) is 0 Å². The molecule has 0 aromatic rings. The maximum Gasteiger partial charge on any atom is 3.00 e. The van der Waals surface area contributed by atoms with Crippen LogP contribution in [0.25, 0.3) is 0 Å². The first-order valence-electron chi connectivity index (χ1n) is 1.17. The van der Waals surface area contributed by atoms with Crippen LogP contribution in [-0.2, 0) is 35.1 Å². The van der Waals surface area contributed by atoms with Crippen molar-refractivity contribution >= 4 is 18.3 Å². The summed E-state index contributed by atoms with van der Waals surface area (Å²) >= 11 is 0. The normalized spacial score (nSPS) is 7.86. The van der Waals surface area contributed by atoms with Gasteiger partial charge in [-0.15, -0.1) is 0 Å². The standard InChI is InChI=1S/Co.5H3N.H2O6S2/c;;;;;;1-7(2,3)8(4,5)6/h;5*1H3;(H,1,2,3)(H,4,5,6)/q+3;;;;;;/p-2. The van der Waals surface area contributed by atoms with Gasteiger partial charge in [-0.25, -0.2) is 16.8 Å². The van der Waals surface area contributed by atoms with Crippen molar-refractivity contribution < 1.29 is 42.7 Å². The summed E-state index contributed by atoms with van der Waals surface area (Å²) in [6.45, 7) is 0. The number of hydrogen-bond acceptors (Lipinski definition) is 11. The average molecular weight is 304 g/mol. The van der Waals surface area contributed by atoms with E-state index in [4.69, 9.17) is 0 Å². The van der Waals surface area contributed by atoms with Gasteiger partial charge in [0.05, 0.1) is 0 Å². The molecule has 0 rings (SSSR count). The Morgan fingerprint density at radius 3 is 0.643 bits per heavy atom. The molecule has 0 saturated heterocycles. The van der Waals surface area contributed by atoms with Crippen molar-refractivity contribution in [3.05, 3.63) is 0 Å². The van der Waals surface area contributed by atoms with Crippen molar-refractivity contribution in [2.45, 2.75) is 0 Å². The zero-order chi connectivity index (χ0) is 7.00. The zero-order valence-electron chi connectivity index (χ0n) is 7.13. The topological polar surface area (TPSA) is 289 Å². The third-order valence-electron chi connectivity index (χ3n) is 0.250. The van der Waals surface area contributed by atoms with Crippen LogP contribution in [0.3, 0.4) is 0 Å². The summed E-state index contributed by atoms with van der Waals surface area (Å²) in [5.74, 6) is 0. The second kappa shape index (κ2) is 13.1. The molecule has 0 fully saturated rings. The maximum atomic E-state index is 9.20. The van der Waals surface area contributed by atoms with Crippen molar-refractivity contribution in [1.82, 2.24) is 30.8 Å². The van der Waals surface area contributed by atoms with Crippen LogP contribution in [0, 0.1) is 0 Å². The zero-order valence-corrected chi connectivity index (χ0v) is 9.81. The number of rotatable bonds is 1. The summed E-state index contributed by atoms with van der Waals surface area (Å²) in [4.78, 5) is 0. The molecule has 0 aromatic heterocycles. The van der Waals surface area contributed by atoms with Crippen LogP contribution in [0.5, 0.6) is 0 Å². The second-order valence-electron chi connectivity index (χ2n) is 0.816. The van der Waals surface area contributed by atoms with Crippen LogP contribution in [0.15, 0.2) is 0 Å². The molecule has 0 bridgehead atoms. The molecule has 0 amide bonds. The van der Waals surface area contributed by atoms with E-state index >= 15 is 0 Å². The average Bonchev–Trinajstić information content (AvgIpc) is 1.25. The van der Waals surface area contributed by atoms with Crippen molar-refractivity contribution in [3.8, 4) is 0 Å². The van der Waals surface area contributed by atoms with Gasteiger partial charge >= 0.3 is 16.8 Å². The fraction of sp³-hybridized carbons (Fsp3) is 0. The quantitative estimate of drug-likeness (QED) is 0.282. The van der Waals surface area contributed by atoms with Crippen LogP contribution in [0.2, 0.25) is 0 Å². The van der Waals surface area contributed by atoms with E-state index in [1.165, 1.54) is 0 Å². The molecular formula is H15CoN5O6S2+. The van der Waals surface area contributed by atoms with E-state index in [0.717, 1.165) is 0 Å². The van der Waals surface area contributed by atoms with Crippen molar-refractivity contribution in [1.29, 1.82) is 0 Å². The van der Waals surface area contributed by atoms with E-state index in [9.17, 15) is 25.9 Å². The molecule has 0 heterocycles. The van der Waals surface area contributed by atoms with Crippen molar-refractivity contribution in [3.63, 3.8) is 0 Å². The minimum atomic E-state index is -5.67. The minimum absolute atomic E-state index is 0. The van der Waals surface area contributed by atoms with Gasteiger partial charge in [-0.2, -0.15) is 0 Å². The third kappa shape index (κ3) is 18.0. The molecule has 15 N–H and O–H groups in total. The Morgan fingerprint density at radius 1 is 0.571 bits per heavy atom. The van der Waals surface area contributed by atoms with E-state index in [1.54, 1.807) is 0 Å². The monoisotopic (exact) mass is 304 g/mol. The molecule has 0 aromatic carbocycles. The fourth-order valence-electron chi connectivity index (χ4n) is 0. The van der Waals surface area contributed by atoms with Gasteiger partial charge in [-0.3, -0.25) is 0 Å². The Bertz CT molecular complexity index is 237. The van der Waals surface area contributed by atoms with Crippen molar-refractivity contribution in [2.75, 3.05) is 0 Å². The predicted octanol–water partition coefficient (Wildman–Crippen LogP) is -1.20. The van der Waals surface area contributed by atoms with E-state index < -0.39 is 18.3 Å². The Morgan fingerprint density at radius 2 is 0.643 bits per heavy atom. The third-order valence-corrected chi connectivity index (χ3v) is 2.25. The second-order valence-corrected chi connectivity index (χ2v) is 4.90. The largest absolute Gasteiger partial charge is 3.00 e. The van der Waals surface area contributed by atoms with Gasteiger partial charge in [0.25, 0.3) is 0 Å². The molecule has 0 saturated carbocycles. The first-order chi connectivity index (χ1) is 3.25. The molecule has 0 radical (unpaired) electrons. The SMILES string of the molecule is N.N.N.N.N.O=S(=O)([O-])S(=O)(=O)[O-].[Co+3]. The Kier molecular flexibility index (Phi) is 44.9. The van der Waals surface area contributed by atoms with Crippen LogP contribution in [-0.4, -0.2) is 25.9 Å². The molecule has 14 heteroatoms. The Hall–Kier alpha value is 0.126. The van der Waals surface area contributed by atoms with Gasteiger partial charge in [0, 0.05) is 0 Å². The summed E-state index contributed by atoms with van der Waals surface area (Å²) in [5, 5.41) is 0. The van der Waals surface area contributed by atoms with Gasteiger partial charge in [0.1, 0.15) is 0 Å². The summed E-state index contributed by atoms with van der Waals surface area (Å²) in [5.41, 5.74) is 0. The van der Waals surface area contributed by atoms with Crippen LogP contribution >= 0.6 is 0 Å². The van der Waals surface area contributed by atoms with E-state index in [2.05, 4.69) is 0 Å². The predicted molar refractivity (Wildman–Crippen MR) is 44.5 cm³/mol. The molecule has 0 aliphatic rings. The van der Waals surface area contributed by atoms with Gasteiger partial charge in [0.15, 0.2) is 18.3 Å². The summed E-state index contributed by atoms with van der Waals surface area (Å²) < 4.78 is 55.2. The smallest absolute Gasteiger partial charge is 0.736 e. The van der Waals surface area contributed by atoms with Crippen LogP contribution < -0.4 is 30.8 Å². The fourth-order valence-corrected chi connectivity index (χ4v) is 0. The van der Waals surface area contributed by atoms with Crippen molar-refractivity contribution in [2.24, 2.45) is 0 Å². The molecule has 96 valence electrons. The molecule has 0 spiro atoms. The Labute approximate surface area is 92.0 Å². The van der Waals surface area contributed by atoms with E-state index in [1.807, 2.05) is 0 Å². The van der Waals surface area contributed by atoms with Crippen LogP contribution in [0.1, 0.15) is 0 Å². The van der Waals surface area contributed by atoms with Gasteiger partial charge in [0.2, 0.25) is 0 Å². The molecule has 0 unspecified atom stereocenters. The molecule has 11 nitrogen and oxygen atoms in total. The van der Waals surface area contributed by atoms with E-state index in [-0.39, 0.29) is 47.5 Å². The number of hydrogen-bond donors (Lipinski definition) is 5. The van der Waals surface area contributed by atoms with Gasteiger partial charge < -0.3 is 39.9 Å². The first-order valence-corrected chi connectivity index (χ1v) is 4.50. The Balaban J connectivity index is -0.0000000163. The maximum absolute atomic E-state index is 9.20.